The number of nitrogens with one attached hydrogen (secondary N) is 1. The predicted octanol–water partition coefficient (Wildman–Crippen LogP) is 5.36. The molecular formula is C29H23BrN2O4. The minimum absolute atomic E-state index is 0.267. The van der Waals surface area contributed by atoms with Gasteiger partial charge in [0.15, 0.2) is 5.60 Å². The summed E-state index contributed by atoms with van der Waals surface area (Å²) >= 11 is 3.40. The number of aryl methyl sites for hydroxylation is 1. The Hall–Kier alpha value is -4.07. The smallest absolute Gasteiger partial charge is 0.343 e. The van der Waals surface area contributed by atoms with Crippen LogP contribution in [0.25, 0.3) is 0 Å². The average molecular weight is 543 g/mol. The number of esters is 1. The molecule has 2 N–H and O–H groups in total. The van der Waals surface area contributed by atoms with Gasteiger partial charge in [0.2, 0.25) is 0 Å². The zero-order valence-electron chi connectivity index (χ0n) is 19.4. The zero-order valence-corrected chi connectivity index (χ0v) is 21.0. The van der Waals surface area contributed by atoms with E-state index in [1.165, 1.54) is 6.21 Å². The number of hydrogen-bond acceptors (Lipinski definition) is 5. The average Bonchev–Trinajstić information content (AvgIpc) is 2.91. The van der Waals surface area contributed by atoms with E-state index < -0.39 is 17.5 Å². The van der Waals surface area contributed by atoms with Crippen molar-refractivity contribution in [3.63, 3.8) is 0 Å². The van der Waals surface area contributed by atoms with Crippen LogP contribution < -0.4 is 10.2 Å². The van der Waals surface area contributed by atoms with E-state index >= 15 is 0 Å². The van der Waals surface area contributed by atoms with Gasteiger partial charge in [0.05, 0.1) is 11.8 Å². The number of carbonyl (C=O) groups is 2. The summed E-state index contributed by atoms with van der Waals surface area (Å²) in [6.45, 7) is 1.93. The van der Waals surface area contributed by atoms with Crippen molar-refractivity contribution in [2.45, 2.75) is 12.5 Å². The third-order valence-electron chi connectivity index (χ3n) is 5.54. The van der Waals surface area contributed by atoms with Crippen LogP contribution in [-0.2, 0) is 10.4 Å². The van der Waals surface area contributed by atoms with Crippen LogP contribution in [0.4, 0.5) is 0 Å². The van der Waals surface area contributed by atoms with E-state index in [9.17, 15) is 14.7 Å². The van der Waals surface area contributed by atoms with Gasteiger partial charge in [0.25, 0.3) is 5.91 Å². The number of rotatable bonds is 7. The highest BCUT2D eigenvalue weighted by Gasteiger charge is 2.39. The summed E-state index contributed by atoms with van der Waals surface area (Å²) in [5.74, 6) is -0.981. The molecule has 1 amide bonds. The van der Waals surface area contributed by atoms with Crippen LogP contribution in [0, 0.1) is 6.92 Å². The second kappa shape index (κ2) is 11.1. The molecule has 0 bridgehead atoms. The summed E-state index contributed by atoms with van der Waals surface area (Å²) in [6, 6.07) is 29.4. The highest BCUT2D eigenvalue weighted by Crippen LogP contribution is 2.30. The molecule has 6 nitrogen and oxygen atoms in total. The maximum atomic E-state index is 13.2. The van der Waals surface area contributed by atoms with Crippen LogP contribution >= 0.6 is 15.9 Å². The standard InChI is InChI=1S/C29H23BrN2O4/c1-20-12-14-21(15-13-20)27(33)36-26-17-16-25(30)18-22(26)19-31-32-28(34)29(35,23-8-4-2-5-9-23)24-10-6-3-7-11-24/h2-19,35H,1H3,(H,32,34)/b31-19-. The van der Waals surface area contributed by atoms with Gasteiger partial charge < -0.3 is 9.84 Å². The van der Waals surface area contributed by atoms with Crippen LogP contribution in [0.5, 0.6) is 5.75 Å². The molecule has 0 aromatic heterocycles. The van der Waals surface area contributed by atoms with E-state index in [-0.39, 0.29) is 5.75 Å². The molecular weight excluding hydrogens is 520 g/mol. The highest BCUT2D eigenvalue weighted by atomic mass is 79.9. The molecule has 0 aliphatic carbocycles. The molecule has 0 aliphatic rings. The van der Waals surface area contributed by atoms with E-state index in [2.05, 4.69) is 26.5 Å². The van der Waals surface area contributed by atoms with Gasteiger partial charge in [-0.05, 0) is 48.4 Å². The number of aliphatic hydroxyl groups is 1. The molecule has 4 aromatic rings. The number of nitrogens with zero attached hydrogens (tertiary/aromatic N) is 1. The quantitative estimate of drug-likeness (QED) is 0.142. The van der Waals surface area contributed by atoms with Crippen molar-refractivity contribution in [2.24, 2.45) is 5.10 Å². The maximum Gasteiger partial charge on any atom is 0.343 e. The number of ether oxygens (including phenoxy) is 1. The molecule has 0 atom stereocenters. The van der Waals surface area contributed by atoms with Crippen molar-refractivity contribution >= 4 is 34.0 Å². The molecule has 0 fully saturated rings. The molecule has 0 saturated heterocycles. The summed E-state index contributed by atoms with van der Waals surface area (Å²) < 4.78 is 6.31. The van der Waals surface area contributed by atoms with Gasteiger partial charge in [-0.2, -0.15) is 5.10 Å². The van der Waals surface area contributed by atoms with Gasteiger partial charge in [0, 0.05) is 10.0 Å². The molecule has 7 heteroatoms. The third kappa shape index (κ3) is 5.59. The first-order valence-electron chi connectivity index (χ1n) is 11.1. The molecule has 180 valence electrons. The fraction of sp³-hybridized carbons (Fsp3) is 0.0690. The first kappa shape index (κ1) is 25.0. The Morgan fingerprint density at radius 3 is 2.06 bits per heavy atom. The van der Waals surface area contributed by atoms with Crippen molar-refractivity contribution in [3.05, 3.63) is 135 Å². The maximum absolute atomic E-state index is 13.2. The fourth-order valence-electron chi connectivity index (χ4n) is 3.59. The molecule has 36 heavy (non-hydrogen) atoms. The Bertz CT molecular complexity index is 1350. The predicted molar refractivity (Wildman–Crippen MR) is 142 cm³/mol. The summed E-state index contributed by atoms with van der Waals surface area (Å²) in [6.07, 6.45) is 1.36. The van der Waals surface area contributed by atoms with E-state index in [1.54, 1.807) is 91.0 Å². The Labute approximate surface area is 217 Å². The summed E-state index contributed by atoms with van der Waals surface area (Å²) in [7, 11) is 0. The Kier molecular flexibility index (Phi) is 7.73. The van der Waals surface area contributed by atoms with Crippen molar-refractivity contribution in [1.82, 2.24) is 5.43 Å². The van der Waals surface area contributed by atoms with Crippen LogP contribution in [-0.4, -0.2) is 23.2 Å². The molecule has 0 unspecified atom stereocenters. The number of hydrazone groups is 1. The lowest BCUT2D eigenvalue weighted by atomic mass is 9.85. The number of carbonyl (C=O) groups excluding carboxylic acids is 2. The van der Waals surface area contributed by atoms with Gasteiger partial charge in [-0.15, -0.1) is 0 Å². The first-order chi connectivity index (χ1) is 17.4. The van der Waals surface area contributed by atoms with E-state index in [0.717, 1.165) is 10.0 Å². The lowest BCUT2D eigenvalue weighted by Gasteiger charge is -2.27. The molecule has 0 radical (unpaired) electrons. The van der Waals surface area contributed by atoms with Crippen LogP contribution in [0.15, 0.2) is 113 Å². The van der Waals surface area contributed by atoms with Crippen LogP contribution in [0.2, 0.25) is 0 Å². The summed E-state index contributed by atoms with van der Waals surface area (Å²) in [5.41, 5.74) is 3.17. The van der Waals surface area contributed by atoms with Crippen molar-refractivity contribution in [2.75, 3.05) is 0 Å². The Morgan fingerprint density at radius 1 is 0.889 bits per heavy atom. The number of amides is 1. The fourth-order valence-corrected chi connectivity index (χ4v) is 3.97. The van der Waals surface area contributed by atoms with Gasteiger partial charge in [-0.1, -0.05) is 94.3 Å². The Balaban J connectivity index is 1.57. The first-order valence-corrected chi connectivity index (χ1v) is 11.9. The van der Waals surface area contributed by atoms with Gasteiger partial charge >= 0.3 is 5.97 Å². The SMILES string of the molecule is Cc1ccc(C(=O)Oc2ccc(Br)cc2/C=N\NC(=O)C(O)(c2ccccc2)c2ccccc2)cc1. The van der Waals surface area contributed by atoms with Gasteiger partial charge in [-0.25, -0.2) is 10.2 Å². The van der Waals surface area contributed by atoms with Crippen LogP contribution in [0.1, 0.15) is 32.6 Å². The minimum atomic E-state index is -1.96. The third-order valence-corrected chi connectivity index (χ3v) is 6.04. The van der Waals surface area contributed by atoms with Crippen molar-refractivity contribution in [1.29, 1.82) is 0 Å². The number of benzene rings is 4. The summed E-state index contributed by atoms with van der Waals surface area (Å²) in [4.78, 5) is 25.8. The van der Waals surface area contributed by atoms with Gasteiger partial charge in [0.1, 0.15) is 5.75 Å². The number of hydrogen-bond donors (Lipinski definition) is 2. The monoisotopic (exact) mass is 542 g/mol. The normalized spacial score (nSPS) is 11.3. The molecule has 0 spiro atoms. The molecule has 4 rings (SSSR count). The molecule has 0 saturated carbocycles. The van der Waals surface area contributed by atoms with Gasteiger partial charge in [-0.3, -0.25) is 4.79 Å². The second-order valence-corrected chi connectivity index (χ2v) is 8.99. The lowest BCUT2D eigenvalue weighted by Crippen LogP contribution is -2.43. The Morgan fingerprint density at radius 2 is 1.47 bits per heavy atom. The molecule has 0 heterocycles. The van der Waals surface area contributed by atoms with E-state index in [4.69, 9.17) is 4.74 Å². The molecule has 0 aliphatic heterocycles. The largest absolute Gasteiger partial charge is 0.422 e. The minimum Gasteiger partial charge on any atom is -0.422 e. The zero-order chi connectivity index (χ0) is 25.5. The van der Waals surface area contributed by atoms with Crippen molar-refractivity contribution < 1.29 is 19.4 Å². The van der Waals surface area contributed by atoms with E-state index in [1.807, 2.05) is 19.1 Å². The highest BCUT2D eigenvalue weighted by molar-refractivity contribution is 9.10. The van der Waals surface area contributed by atoms with Crippen LogP contribution in [0.3, 0.4) is 0 Å². The molecule has 4 aromatic carbocycles. The lowest BCUT2D eigenvalue weighted by molar-refractivity contribution is -0.136. The van der Waals surface area contributed by atoms with E-state index in [0.29, 0.717) is 22.3 Å². The van der Waals surface area contributed by atoms with Crippen molar-refractivity contribution in [3.8, 4) is 5.75 Å². The topological polar surface area (TPSA) is 88.0 Å². The number of halogens is 1. The summed E-state index contributed by atoms with van der Waals surface area (Å²) in [5, 5.41) is 15.6. The second-order valence-electron chi connectivity index (χ2n) is 8.08.